The van der Waals surface area contributed by atoms with Crippen LogP contribution in [-0.2, 0) is 11.8 Å². The second-order valence-corrected chi connectivity index (χ2v) is 19.0. The smallest absolute Gasteiger partial charge is 0.140 e. The van der Waals surface area contributed by atoms with Crippen LogP contribution in [0.25, 0.3) is 72.5 Å². The van der Waals surface area contributed by atoms with Crippen LogP contribution >= 0.6 is 0 Å². The van der Waals surface area contributed by atoms with Crippen LogP contribution in [0.5, 0.6) is 11.5 Å². The zero-order valence-corrected chi connectivity index (χ0v) is 39.1. The molecule has 3 aliphatic rings. The highest BCUT2D eigenvalue weighted by atomic mass is 16.5. The number of hydrogen-bond acceptors (Lipinski definition) is 2. The van der Waals surface area contributed by atoms with E-state index >= 15 is 0 Å². The fourth-order valence-electron chi connectivity index (χ4n) is 12.0. The van der Waals surface area contributed by atoms with Crippen molar-refractivity contribution in [1.82, 2.24) is 0 Å². The minimum atomic E-state index is -0.597. The molecular weight excluding hydrogens is 859 g/mol. The molecule has 0 fully saturated rings. The van der Waals surface area contributed by atoms with Gasteiger partial charge in [0.05, 0.1) is 5.41 Å². The van der Waals surface area contributed by atoms with Gasteiger partial charge in [0.1, 0.15) is 11.5 Å². The van der Waals surface area contributed by atoms with Crippen LogP contribution in [0.2, 0.25) is 0 Å². The van der Waals surface area contributed by atoms with Crippen LogP contribution in [0.15, 0.2) is 255 Å². The van der Waals surface area contributed by atoms with E-state index in [1.165, 1.54) is 94.4 Å². The maximum Gasteiger partial charge on any atom is 0.140 e. The summed E-state index contributed by atoms with van der Waals surface area (Å²) in [7, 11) is 0. The van der Waals surface area contributed by atoms with E-state index in [2.05, 4.69) is 266 Å². The van der Waals surface area contributed by atoms with Gasteiger partial charge >= 0.3 is 0 Å². The second kappa shape index (κ2) is 16.6. The lowest BCUT2D eigenvalue weighted by Gasteiger charge is -2.41. The molecule has 1 spiro atoms. The van der Waals surface area contributed by atoms with E-state index in [0.717, 1.165) is 46.8 Å². The van der Waals surface area contributed by atoms with Gasteiger partial charge in [-0.05, 0) is 127 Å². The van der Waals surface area contributed by atoms with Gasteiger partial charge in [-0.1, -0.05) is 224 Å². The summed E-state index contributed by atoms with van der Waals surface area (Å²) < 4.78 is 7.26. The molecule has 0 aromatic heterocycles. The van der Waals surface area contributed by atoms with Gasteiger partial charge in [0.15, 0.2) is 0 Å². The Hall–Kier alpha value is -8.98. The number of fused-ring (bicyclic) bond motifs is 13. The van der Waals surface area contributed by atoms with Gasteiger partial charge in [0.25, 0.3) is 0 Å². The second-order valence-electron chi connectivity index (χ2n) is 19.0. The molecule has 2 heteroatoms. The quantitative estimate of drug-likeness (QED) is 0.158. The minimum absolute atomic E-state index is 0.597. The predicted octanol–water partition coefficient (Wildman–Crippen LogP) is 18.4. The van der Waals surface area contributed by atoms with Gasteiger partial charge in [0.2, 0.25) is 0 Å². The number of aryl methyl sites for hydroxylation is 1. The van der Waals surface area contributed by atoms with Gasteiger partial charge in [0, 0.05) is 39.1 Å². The van der Waals surface area contributed by atoms with Gasteiger partial charge in [-0.2, -0.15) is 0 Å². The molecule has 1 atom stereocenters. The predicted molar refractivity (Wildman–Crippen MR) is 295 cm³/mol. The molecule has 0 radical (unpaired) electrons. The lowest BCUT2D eigenvalue weighted by Crippen LogP contribution is -2.32. The zero-order valence-electron chi connectivity index (χ0n) is 39.1. The molecule has 1 unspecified atom stereocenters. The maximum absolute atomic E-state index is 7.26. The molecule has 334 valence electrons. The van der Waals surface area contributed by atoms with Crippen molar-refractivity contribution in [2.24, 2.45) is 0 Å². The summed E-state index contributed by atoms with van der Waals surface area (Å²) in [6.07, 6.45) is 6.65. The third kappa shape index (κ3) is 6.49. The minimum Gasteiger partial charge on any atom is -0.455 e. The van der Waals surface area contributed by atoms with Gasteiger partial charge in [-0.3, -0.25) is 0 Å². The first-order chi connectivity index (χ1) is 35.2. The Morgan fingerprint density at radius 3 is 1.69 bits per heavy atom. The summed E-state index contributed by atoms with van der Waals surface area (Å²) in [5.74, 6) is 1.92. The summed E-state index contributed by atoms with van der Waals surface area (Å²) in [6.45, 7) is 0. The molecule has 0 saturated carbocycles. The van der Waals surface area contributed by atoms with E-state index in [9.17, 15) is 0 Å². The monoisotopic (exact) mass is 905 g/mol. The lowest BCUT2D eigenvalue weighted by atomic mass is 9.65. The van der Waals surface area contributed by atoms with Crippen molar-refractivity contribution in [2.75, 3.05) is 4.90 Å². The highest BCUT2D eigenvalue weighted by Gasteiger charge is 2.52. The van der Waals surface area contributed by atoms with Gasteiger partial charge in [-0.15, -0.1) is 0 Å². The van der Waals surface area contributed by atoms with Crippen LogP contribution in [0.4, 0.5) is 17.1 Å². The summed E-state index contributed by atoms with van der Waals surface area (Å²) in [5.41, 5.74) is 22.2. The Kier molecular flexibility index (Phi) is 9.60. The molecule has 2 aliphatic carbocycles. The number of allylic oxidation sites excluding steroid dienone is 1. The first kappa shape index (κ1) is 41.0. The third-order valence-corrected chi connectivity index (χ3v) is 15.2. The number of rotatable bonds is 7. The molecule has 1 heterocycles. The number of hydrogen-bond donors (Lipinski definition) is 0. The summed E-state index contributed by atoms with van der Waals surface area (Å²) >= 11 is 0. The van der Waals surface area contributed by atoms with Crippen molar-refractivity contribution in [3.05, 3.63) is 288 Å². The summed E-state index contributed by atoms with van der Waals surface area (Å²) in [5, 5.41) is 2.31. The first-order valence-corrected chi connectivity index (χ1v) is 24.8. The average Bonchev–Trinajstić information content (AvgIpc) is 3.75. The van der Waals surface area contributed by atoms with Crippen molar-refractivity contribution in [3.63, 3.8) is 0 Å². The first-order valence-electron chi connectivity index (χ1n) is 24.8. The SMILES string of the molecule is C1=Cc2c(ccc3c2Oc2c(ccc4ccccc24)C32c3ccccc3-c3c(-c4ccc(N(c5ccc(-c6ccccc6)cc5)c5ccc(-c6ccccc6)c(-c6ccccc6)c5)cc4)cccc32)CC1. The van der Waals surface area contributed by atoms with Crippen molar-refractivity contribution in [2.45, 2.75) is 18.3 Å². The van der Waals surface area contributed by atoms with Crippen molar-refractivity contribution in [1.29, 1.82) is 0 Å². The molecule has 14 rings (SSSR count). The molecule has 1 aliphatic heterocycles. The lowest BCUT2D eigenvalue weighted by molar-refractivity contribution is 0.439. The number of ether oxygens (including phenoxy) is 1. The summed E-state index contributed by atoms with van der Waals surface area (Å²) in [6, 6.07) is 91.3. The molecule has 0 N–H and O–H groups in total. The summed E-state index contributed by atoms with van der Waals surface area (Å²) in [4.78, 5) is 2.40. The Morgan fingerprint density at radius 1 is 0.366 bits per heavy atom. The number of nitrogens with zero attached hydrogens (tertiary/aromatic N) is 1. The fraction of sp³-hybridized carbons (Fsp3) is 0.0435. The number of anilines is 3. The van der Waals surface area contributed by atoms with E-state index in [0.29, 0.717) is 0 Å². The van der Waals surface area contributed by atoms with Crippen LogP contribution in [0.3, 0.4) is 0 Å². The average molecular weight is 906 g/mol. The topological polar surface area (TPSA) is 12.5 Å². The molecule has 2 nitrogen and oxygen atoms in total. The third-order valence-electron chi connectivity index (χ3n) is 15.2. The molecular formula is C69H47NO. The van der Waals surface area contributed by atoms with E-state index in [4.69, 9.17) is 4.74 Å². The standard InChI is InChI=1S/C69H47NO/c1-4-17-46(18-5-1)47-31-37-53(38-32-47)70(55-41-42-56(48-19-6-2-7-20-48)61(45-55)49-21-8-3-9-22-49)54-39-33-52(34-40-54)57-28-16-30-63-66(57)60-27-14-15-29-62(60)69(63)64-43-35-50-23-10-12-25-58(50)67(64)71-68-59-26-13-11-24-51(59)36-44-65(68)69/h1-10,12-23,25-45H,11,24H2. The van der Waals surface area contributed by atoms with Gasteiger partial charge in [-0.25, -0.2) is 0 Å². The van der Waals surface area contributed by atoms with Crippen LogP contribution in [-0.4, -0.2) is 0 Å². The van der Waals surface area contributed by atoms with E-state index in [1.807, 2.05) is 0 Å². The van der Waals surface area contributed by atoms with Crippen LogP contribution < -0.4 is 9.64 Å². The highest BCUT2D eigenvalue weighted by Crippen LogP contribution is 2.65. The molecule has 0 saturated heterocycles. The normalized spacial score (nSPS) is 14.8. The Balaban J connectivity index is 0.944. The maximum atomic E-state index is 7.26. The van der Waals surface area contributed by atoms with Gasteiger partial charge < -0.3 is 9.64 Å². The van der Waals surface area contributed by atoms with E-state index in [-0.39, 0.29) is 0 Å². The molecule has 0 amide bonds. The fourth-order valence-corrected chi connectivity index (χ4v) is 12.0. The largest absolute Gasteiger partial charge is 0.455 e. The Morgan fingerprint density at radius 2 is 0.930 bits per heavy atom. The molecule has 11 aromatic rings. The molecule has 71 heavy (non-hydrogen) atoms. The number of benzene rings is 11. The molecule has 0 bridgehead atoms. The van der Waals surface area contributed by atoms with E-state index in [1.54, 1.807) is 0 Å². The van der Waals surface area contributed by atoms with Crippen molar-refractivity contribution in [3.8, 4) is 67.1 Å². The van der Waals surface area contributed by atoms with Crippen LogP contribution in [0.1, 0.15) is 39.8 Å². The Bertz CT molecular complexity index is 3870. The van der Waals surface area contributed by atoms with Crippen molar-refractivity contribution >= 4 is 33.9 Å². The van der Waals surface area contributed by atoms with Crippen LogP contribution in [0, 0.1) is 0 Å². The Labute approximate surface area is 415 Å². The van der Waals surface area contributed by atoms with E-state index < -0.39 is 5.41 Å². The van der Waals surface area contributed by atoms with Crippen molar-refractivity contribution < 1.29 is 4.74 Å². The zero-order chi connectivity index (χ0) is 46.9. The molecule has 11 aromatic carbocycles. The highest BCUT2D eigenvalue weighted by molar-refractivity contribution is 6.00.